The van der Waals surface area contributed by atoms with Crippen LogP contribution in [0.5, 0.6) is 0 Å². The van der Waals surface area contributed by atoms with Crippen molar-refractivity contribution >= 4 is 0 Å². The van der Waals surface area contributed by atoms with Gasteiger partial charge >= 0.3 is 0 Å². The predicted octanol–water partition coefficient (Wildman–Crippen LogP) is 1.93. The van der Waals surface area contributed by atoms with E-state index in [1.807, 2.05) is 0 Å². The van der Waals surface area contributed by atoms with Gasteiger partial charge in [0.15, 0.2) is 0 Å². The molecule has 2 aliphatic rings. The highest BCUT2D eigenvalue weighted by molar-refractivity contribution is 5.50. The molecular formula is C8H11N. The quantitative estimate of drug-likeness (QED) is 0.559. The van der Waals surface area contributed by atoms with Gasteiger partial charge < -0.3 is 5.32 Å². The third kappa shape index (κ3) is 0.546. The summed E-state index contributed by atoms with van der Waals surface area (Å²) in [6, 6.07) is 0. The lowest BCUT2D eigenvalue weighted by atomic mass is 9.84. The first-order valence-electron chi connectivity index (χ1n) is 3.61. The van der Waals surface area contributed by atoms with E-state index in [4.69, 9.17) is 0 Å². The molecule has 0 saturated carbocycles. The van der Waals surface area contributed by atoms with E-state index in [2.05, 4.69) is 18.3 Å². The molecule has 0 radical (unpaired) electrons. The highest BCUT2D eigenvalue weighted by Crippen LogP contribution is 2.39. The Morgan fingerprint density at radius 1 is 1.56 bits per heavy atom. The first-order valence-corrected chi connectivity index (χ1v) is 3.61. The van der Waals surface area contributed by atoms with Gasteiger partial charge in [-0.15, -0.1) is 0 Å². The molecule has 0 atom stereocenters. The summed E-state index contributed by atoms with van der Waals surface area (Å²) in [6.07, 6.45) is 6.02. The van der Waals surface area contributed by atoms with Crippen molar-refractivity contribution in [3.05, 3.63) is 23.0 Å². The normalized spacial score (nSPS) is 26.6. The van der Waals surface area contributed by atoms with Crippen molar-refractivity contribution < 1.29 is 0 Å². The molecule has 0 aromatic carbocycles. The predicted molar refractivity (Wildman–Crippen MR) is 37.8 cm³/mol. The third-order valence-electron chi connectivity index (χ3n) is 2.01. The average Bonchev–Trinajstić information content (AvgIpc) is 1.82. The van der Waals surface area contributed by atoms with Crippen molar-refractivity contribution in [1.29, 1.82) is 0 Å². The van der Waals surface area contributed by atoms with Crippen molar-refractivity contribution in [2.45, 2.75) is 26.2 Å². The van der Waals surface area contributed by atoms with Crippen molar-refractivity contribution in [2.24, 2.45) is 0 Å². The lowest BCUT2D eigenvalue weighted by Gasteiger charge is -2.37. The lowest BCUT2D eigenvalue weighted by Crippen LogP contribution is -2.34. The highest BCUT2D eigenvalue weighted by atomic mass is 15.0. The highest BCUT2D eigenvalue weighted by Gasteiger charge is 2.28. The zero-order valence-corrected chi connectivity index (χ0v) is 5.70. The van der Waals surface area contributed by atoms with E-state index in [0.29, 0.717) is 0 Å². The summed E-state index contributed by atoms with van der Waals surface area (Å²) in [6.45, 7) is 2.17. The van der Waals surface area contributed by atoms with Crippen molar-refractivity contribution in [1.82, 2.24) is 5.32 Å². The Balaban J connectivity index is 2.16. The fraction of sp³-hybridized carbons (Fsp3) is 0.500. The number of rotatable bonds is 1. The fourth-order valence-corrected chi connectivity index (χ4v) is 1.36. The number of nitrogens with one attached hydrogen (secondary N) is 1. The SMILES string of the molecule is CC/C=C1\NC2=C1CC2. The topological polar surface area (TPSA) is 12.0 Å². The van der Waals surface area contributed by atoms with Crippen LogP contribution in [0.2, 0.25) is 0 Å². The summed E-state index contributed by atoms with van der Waals surface area (Å²) in [4.78, 5) is 0. The average molecular weight is 121 g/mol. The minimum atomic E-state index is 1.15. The molecule has 1 aliphatic heterocycles. The van der Waals surface area contributed by atoms with Crippen LogP contribution in [0.15, 0.2) is 23.0 Å². The second-order valence-corrected chi connectivity index (χ2v) is 2.61. The van der Waals surface area contributed by atoms with Crippen LogP contribution in [0.25, 0.3) is 0 Å². The van der Waals surface area contributed by atoms with Crippen molar-refractivity contribution in [3.63, 3.8) is 0 Å². The minimum Gasteiger partial charge on any atom is -0.359 e. The molecule has 0 unspecified atom stereocenters. The standard InChI is InChI=1S/C8H11N/c1-2-3-7-6-4-5-8(6)9-7/h3,9H,2,4-5H2,1H3/b7-3-. The molecule has 1 N–H and O–H groups in total. The molecule has 9 heavy (non-hydrogen) atoms. The van der Waals surface area contributed by atoms with E-state index in [1.54, 1.807) is 5.57 Å². The molecule has 0 saturated heterocycles. The Kier molecular flexibility index (Phi) is 0.922. The van der Waals surface area contributed by atoms with Gasteiger partial charge in [-0.05, 0) is 24.8 Å². The fourth-order valence-electron chi connectivity index (χ4n) is 1.36. The molecule has 2 rings (SSSR count). The second-order valence-electron chi connectivity index (χ2n) is 2.61. The van der Waals surface area contributed by atoms with Gasteiger partial charge in [-0.3, -0.25) is 0 Å². The number of allylic oxidation sites excluding steroid dienone is 3. The number of hydrogen-bond donors (Lipinski definition) is 1. The first kappa shape index (κ1) is 5.10. The molecule has 0 spiro atoms. The maximum atomic E-state index is 3.32. The van der Waals surface area contributed by atoms with E-state index in [-0.39, 0.29) is 0 Å². The van der Waals surface area contributed by atoms with Crippen LogP contribution in [0.4, 0.5) is 0 Å². The van der Waals surface area contributed by atoms with Gasteiger partial charge in [0, 0.05) is 11.4 Å². The molecule has 1 nitrogen and oxygen atoms in total. The summed E-state index contributed by atoms with van der Waals surface area (Å²) < 4.78 is 0. The summed E-state index contributed by atoms with van der Waals surface area (Å²) in [5, 5.41) is 3.32. The Labute approximate surface area is 55.5 Å². The number of piperidine rings is 1. The van der Waals surface area contributed by atoms with E-state index in [1.165, 1.54) is 24.2 Å². The Morgan fingerprint density at radius 3 is 2.78 bits per heavy atom. The molecule has 0 aromatic heterocycles. The molecule has 0 fully saturated rings. The van der Waals surface area contributed by atoms with Gasteiger partial charge in [0.1, 0.15) is 0 Å². The molecule has 0 aromatic rings. The van der Waals surface area contributed by atoms with Crippen LogP contribution in [0.1, 0.15) is 26.2 Å². The third-order valence-corrected chi connectivity index (χ3v) is 2.01. The van der Waals surface area contributed by atoms with Gasteiger partial charge in [-0.1, -0.05) is 13.0 Å². The Hall–Kier alpha value is -0.720. The van der Waals surface area contributed by atoms with Crippen LogP contribution < -0.4 is 5.32 Å². The molecule has 0 amide bonds. The zero-order valence-electron chi connectivity index (χ0n) is 5.70. The number of hydrogen-bond acceptors (Lipinski definition) is 1. The molecular weight excluding hydrogens is 110 g/mol. The largest absolute Gasteiger partial charge is 0.359 e. The minimum absolute atomic E-state index is 1.15. The van der Waals surface area contributed by atoms with E-state index in [0.717, 1.165) is 6.42 Å². The van der Waals surface area contributed by atoms with Crippen LogP contribution >= 0.6 is 0 Å². The van der Waals surface area contributed by atoms with Gasteiger partial charge in [0.05, 0.1) is 0 Å². The molecule has 1 aliphatic carbocycles. The van der Waals surface area contributed by atoms with Crippen molar-refractivity contribution in [3.8, 4) is 0 Å². The van der Waals surface area contributed by atoms with Crippen LogP contribution in [-0.2, 0) is 0 Å². The van der Waals surface area contributed by atoms with E-state index >= 15 is 0 Å². The molecule has 48 valence electrons. The summed E-state index contributed by atoms with van der Waals surface area (Å²) in [5.74, 6) is 0. The smallest absolute Gasteiger partial charge is 0.0391 e. The Bertz CT molecular complexity index is 199. The Morgan fingerprint density at radius 2 is 2.44 bits per heavy atom. The van der Waals surface area contributed by atoms with Crippen LogP contribution in [0.3, 0.4) is 0 Å². The maximum absolute atomic E-state index is 3.32. The molecule has 1 heterocycles. The van der Waals surface area contributed by atoms with Gasteiger partial charge in [0.2, 0.25) is 0 Å². The monoisotopic (exact) mass is 121 g/mol. The summed E-state index contributed by atoms with van der Waals surface area (Å²) in [5.41, 5.74) is 4.49. The molecule has 1 heteroatoms. The molecule has 0 bridgehead atoms. The van der Waals surface area contributed by atoms with E-state index in [9.17, 15) is 0 Å². The summed E-state index contributed by atoms with van der Waals surface area (Å²) >= 11 is 0. The van der Waals surface area contributed by atoms with Crippen molar-refractivity contribution in [2.75, 3.05) is 0 Å². The maximum Gasteiger partial charge on any atom is 0.0391 e. The zero-order chi connectivity index (χ0) is 6.27. The lowest BCUT2D eigenvalue weighted by molar-refractivity contribution is 0.636. The second kappa shape index (κ2) is 1.63. The van der Waals surface area contributed by atoms with Crippen LogP contribution in [-0.4, -0.2) is 0 Å². The van der Waals surface area contributed by atoms with Crippen LogP contribution in [0, 0.1) is 0 Å². The van der Waals surface area contributed by atoms with Gasteiger partial charge in [-0.25, -0.2) is 0 Å². The first-order chi connectivity index (χ1) is 4.42. The summed E-state index contributed by atoms with van der Waals surface area (Å²) in [7, 11) is 0. The van der Waals surface area contributed by atoms with Gasteiger partial charge in [-0.2, -0.15) is 0 Å². The van der Waals surface area contributed by atoms with Gasteiger partial charge in [0.25, 0.3) is 0 Å². The van der Waals surface area contributed by atoms with E-state index < -0.39 is 0 Å².